The maximum Gasteiger partial charge on any atom is 0.223 e. The molecule has 0 radical (unpaired) electrons. The van der Waals surface area contributed by atoms with E-state index in [-0.39, 0.29) is 24.2 Å². The Morgan fingerprint density at radius 1 is 1.17 bits per heavy atom. The van der Waals surface area contributed by atoms with Crippen LogP contribution in [0, 0.1) is 5.92 Å². The Morgan fingerprint density at radius 3 is 2.79 bits per heavy atom. The number of hydrogen-bond donors (Lipinski definition) is 0. The smallest absolute Gasteiger partial charge is 0.223 e. The Balaban J connectivity index is 1.33. The number of ether oxygens (including phenoxy) is 2. The van der Waals surface area contributed by atoms with Crippen molar-refractivity contribution in [3.8, 4) is 0 Å². The number of carbonyl (C=O) groups is 1. The Morgan fingerprint density at radius 2 is 2.00 bits per heavy atom. The van der Waals surface area contributed by atoms with Gasteiger partial charge in [0.15, 0.2) is 0 Å². The fourth-order valence-electron chi connectivity index (χ4n) is 3.96. The van der Waals surface area contributed by atoms with E-state index < -0.39 is 0 Å². The van der Waals surface area contributed by atoms with Crippen LogP contribution in [0.3, 0.4) is 0 Å². The van der Waals surface area contributed by atoms with Crippen LogP contribution in [0.5, 0.6) is 0 Å². The molecule has 3 aliphatic rings. The molecule has 1 aromatic rings. The molecular formula is C20H27NO3. The predicted molar refractivity (Wildman–Crippen MR) is 91.7 cm³/mol. The molecule has 3 fully saturated rings. The molecule has 24 heavy (non-hydrogen) atoms. The number of nitrogens with zero attached hydrogens (tertiary/aromatic N) is 1. The highest BCUT2D eigenvalue weighted by Crippen LogP contribution is 2.34. The summed E-state index contributed by atoms with van der Waals surface area (Å²) in [6, 6.07) is 10.5. The molecule has 0 bridgehead atoms. The number of piperidine rings is 1. The molecule has 0 aromatic heterocycles. The number of hydrogen-bond acceptors (Lipinski definition) is 3. The highest BCUT2D eigenvalue weighted by Gasteiger charge is 2.44. The summed E-state index contributed by atoms with van der Waals surface area (Å²) in [5.74, 6) is 1.04. The van der Waals surface area contributed by atoms with Gasteiger partial charge in [-0.15, -0.1) is 0 Å². The fourth-order valence-corrected chi connectivity index (χ4v) is 3.96. The molecule has 1 aromatic carbocycles. The maximum atomic E-state index is 12.7. The van der Waals surface area contributed by atoms with Gasteiger partial charge in [-0.05, 0) is 43.6 Å². The van der Waals surface area contributed by atoms with E-state index >= 15 is 0 Å². The average molecular weight is 329 g/mol. The van der Waals surface area contributed by atoms with Crippen LogP contribution < -0.4 is 0 Å². The van der Waals surface area contributed by atoms with Crippen molar-refractivity contribution in [3.63, 3.8) is 0 Å². The molecule has 4 rings (SSSR count). The first kappa shape index (κ1) is 16.1. The summed E-state index contributed by atoms with van der Waals surface area (Å²) in [5, 5.41) is 0. The van der Waals surface area contributed by atoms with Crippen molar-refractivity contribution < 1.29 is 14.3 Å². The van der Waals surface area contributed by atoms with Gasteiger partial charge >= 0.3 is 0 Å². The molecule has 0 N–H and O–H groups in total. The third-order valence-corrected chi connectivity index (χ3v) is 5.56. The van der Waals surface area contributed by atoms with E-state index in [9.17, 15) is 4.79 Å². The lowest BCUT2D eigenvalue weighted by molar-refractivity contribution is -0.145. The van der Waals surface area contributed by atoms with E-state index in [1.54, 1.807) is 0 Å². The van der Waals surface area contributed by atoms with Gasteiger partial charge in [0.05, 0.1) is 12.1 Å². The van der Waals surface area contributed by atoms with Crippen LogP contribution in [-0.4, -0.2) is 48.8 Å². The number of aryl methyl sites for hydroxylation is 1. The lowest BCUT2D eigenvalue weighted by Crippen LogP contribution is -2.55. The van der Waals surface area contributed by atoms with E-state index in [0.29, 0.717) is 6.42 Å². The van der Waals surface area contributed by atoms with Crippen molar-refractivity contribution in [2.24, 2.45) is 5.92 Å². The molecule has 2 heterocycles. The van der Waals surface area contributed by atoms with E-state index in [2.05, 4.69) is 17.0 Å². The maximum absolute atomic E-state index is 12.7. The summed E-state index contributed by atoms with van der Waals surface area (Å²) in [6.07, 6.45) is 6.14. The first-order valence-electron chi connectivity index (χ1n) is 9.38. The average Bonchev–Trinajstić information content (AvgIpc) is 3.32. The second kappa shape index (κ2) is 7.24. The second-order valence-corrected chi connectivity index (χ2v) is 7.37. The zero-order valence-electron chi connectivity index (χ0n) is 14.2. The Hall–Kier alpha value is -1.39. The van der Waals surface area contributed by atoms with Gasteiger partial charge in [-0.2, -0.15) is 0 Å². The van der Waals surface area contributed by atoms with E-state index in [0.717, 1.165) is 44.9 Å². The van der Waals surface area contributed by atoms with Crippen LogP contribution in [0.2, 0.25) is 0 Å². The quantitative estimate of drug-likeness (QED) is 0.805. The molecule has 1 aliphatic carbocycles. The molecule has 2 saturated heterocycles. The van der Waals surface area contributed by atoms with Crippen LogP contribution >= 0.6 is 0 Å². The second-order valence-electron chi connectivity index (χ2n) is 7.37. The molecule has 2 aliphatic heterocycles. The topological polar surface area (TPSA) is 38.8 Å². The molecule has 0 unspecified atom stereocenters. The van der Waals surface area contributed by atoms with E-state index in [1.807, 2.05) is 18.2 Å². The summed E-state index contributed by atoms with van der Waals surface area (Å²) >= 11 is 0. The molecule has 4 nitrogen and oxygen atoms in total. The summed E-state index contributed by atoms with van der Waals surface area (Å²) in [4.78, 5) is 14.8. The normalized spacial score (nSPS) is 29.5. The molecule has 4 heteroatoms. The zero-order chi connectivity index (χ0) is 16.4. The first-order valence-corrected chi connectivity index (χ1v) is 9.38. The van der Waals surface area contributed by atoms with Gasteiger partial charge in [0.25, 0.3) is 0 Å². The number of benzene rings is 1. The van der Waals surface area contributed by atoms with Crippen LogP contribution in [-0.2, 0) is 20.7 Å². The van der Waals surface area contributed by atoms with Crippen molar-refractivity contribution in [1.29, 1.82) is 0 Å². The molecule has 3 atom stereocenters. The van der Waals surface area contributed by atoms with Gasteiger partial charge in [0.1, 0.15) is 6.10 Å². The SMILES string of the molecule is O=C(CCc1ccccc1)N1CC[C@@H](OCC2CC2)[C@H]2OCC[C@@H]21. The predicted octanol–water partition coefficient (Wildman–Crippen LogP) is 2.80. The van der Waals surface area contributed by atoms with Gasteiger partial charge in [0.2, 0.25) is 5.91 Å². The van der Waals surface area contributed by atoms with Crippen molar-refractivity contribution in [2.75, 3.05) is 19.8 Å². The number of carbonyl (C=O) groups excluding carboxylic acids is 1. The highest BCUT2D eigenvalue weighted by molar-refractivity contribution is 5.77. The number of likely N-dealkylation sites (tertiary alicyclic amines) is 1. The van der Waals surface area contributed by atoms with Crippen molar-refractivity contribution in [2.45, 2.75) is 56.8 Å². The minimum atomic E-state index is 0.0816. The van der Waals surface area contributed by atoms with E-state index in [1.165, 1.54) is 18.4 Å². The minimum absolute atomic E-state index is 0.0816. The molecule has 1 amide bonds. The lowest BCUT2D eigenvalue weighted by Gasteiger charge is -2.41. The van der Waals surface area contributed by atoms with Crippen molar-refractivity contribution in [1.82, 2.24) is 4.90 Å². The third kappa shape index (κ3) is 3.65. The molecular weight excluding hydrogens is 302 g/mol. The number of amides is 1. The van der Waals surface area contributed by atoms with Gasteiger partial charge in [-0.25, -0.2) is 0 Å². The van der Waals surface area contributed by atoms with Gasteiger partial charge in [-0.1, -0.05) is 30.3 Å². The highest BCUT2D eigenvalue weighted by atomic mass is 16.5. The van der Waals surface area contributed by atoms with Crippen molar-refractivity contribution >= 4 is 5.91 Å². The summed E-state index contributed by atoms with van der Waals surface area (Å²) in [6.45, 7) is 2.44. The largest absolute Gasteiger partial charge is 0.375 e. The Kier molecular flexibility index (Phi) is 4.86. The number of fused-ring (bicyclic) bond motifs is 1. The summed E-state index contributed by atoms with van der Waals surface area (Å²) < 4.78 is 12.1. The summed E-state index contributed by atoms with van der Waals surface area (Å²) in [7, 11) is 0. The minimum Gasteiger partial charge on any atom is -0.375 e. The standard InChI is InChI=1S/C20H27NO3/c22-19(9-8-15-4-2-1-3-5-15)21-12-10-18(24-14-16-6-7-16)20-17(21)11-13-23-20/h1-5,16-18,20H,6-14H2/t17-,18+,20-/m0/s1. The molecule has 1 saturated carbocycles. The van der Waals surface area contributed by atoms with Gasteiger partial charge in [0, 0.05) is 26.2 Å². The zero-order valence-corrected chi connectivity index (χ0v) is 14.2. The monoisotopic (exact) mass is 329 g/mol. The van der Waals surface area contributed by atoms with Crippen LogP contribution in [0.4, 0.5) is 0 Å². The lowest BCUT2D eigenvalue weighted by atomic mass is 9.94. The Labute approximate surface area is 144 Å². The van der Waals surface area contributed by atoms with Gasteiger partial charge in [-0.3, -0.25) is 4.79 Å². The summed E-state index contributed by atoms with van der Waals surface area (Å²) in [5.41, 5.74) is 1.23. The first-order chi connectivity index (χ1) is 11.8. The van der Waals surface area contributed by atoms with Crippen LogP contribution in [0.15, 0.2) is 30.3 Å². The van der Waals surface area contributed by atoms with E-state index in [4.69, 9.17) is 9.47 Å². The van der Waals surface area contributed by atoms with Gasteiger partial charge < -0.3 is 14.4 Å². The third-order valence-electron chi connectivity index (χ3n) is 5.56. The molecule has 130 valence electrons. The Bertz CT molecular complexity index is 557. The molecule has 0 spiro atoms. The van der Waals surface area contributed by atoms with Crippen molar-refractivity contribution in [3.05, 3.63) is 35.9 Å². The fraction of sp³-hybridized carbons (Fsp3) is 0.650. The number of rotatable bonds is 6. The van der Waals surface area contributed by atoms with Crippen LogP contribution in [0.25, 0.3) is 0 Å². The van der Waals surface area contributed by atoms with Crippen LogP contribution in [0.1, 0.15) is 37.7 Å².